The summed E-state index contributed by atoms with van der Waals surface area (Å²) in [5, 5.41) is 4.02. The number of hydrogen-bond acceptors (Lipinski definition) is 3. The molecular weight excluding hydrogens is 217 g/mol. The van der Waals surface area contributed by atoms with Gasteiger partial charge in [0.25, 0.3) is 0 Å². The van der Waals surface area contributed by atoms with Gasteiger partial charge in [0.1, 0.15) is 5.84 Å². The van der Waals surface area contributed by atoms with Gasteiger partial charge < -0.3 is 0 Å². The van der Waals surface area contributed by atoms with E-state index in [9.17, 15) is 0 Å². The van der Waals surface area contributed by atoms with E-state index in [-0.39, 0.29) is 0 Å². The van der Waals surface area contributed by atoms with E-state index in [4.69, 9.17) is 0 Å². The molecule has 0 N–H and O–H groups in total. The lowest BCUT2D eigenvalue weighted by Crippen LogP contribution is -2.13. The Kier molecular flexibility index (Phi) is 1.82. The Morgan fingerprint density at radius 3 is 3.00 bits per heavy atom. The van der Waals surface area contributed by atoms with Gasteiger partial charge in [-0.3, -0.25) is 0 Å². The van der Waals surface area contributed by atoms with E-state index in [0.29, 0.717) is 0 Å². The summed E-state index contributed by atoms with van der Waals surface area (Å²) in [6.07, 6.45) is 1.84. The molecule has 0 fully saturated rings. The summed E-state index contributed by atoms with van der Waals surface area (Å²) in [4.78, 5) is 3.96. The van der Waals surface area contributed by atoms with Crippen molar-refractivity contribution in [1.82, 2.24) is 3.22 Å². The van der Waals surface area contributed by atoms with E-state index in [0.717, 1.165) is 12.4 Å². The van der Waals surface area contributed by atoms with E-state index < -0.39 is 0 Å². The van der Waals surface area contributed by atoms with Gasteiger partial charge in [0.05, 0.1) is 29.4 Å². The number of aliphatic imine (C=N–C) groups is 1. The molecule has 0 amide bonds. The van der Waals surface area contributed by atoms with E-state index in [1.807, 2.05) is 16.4 Å². The van der Waals surface area contributed by atoms with Gasteiger partial charge in [0, 0.05) is 6.21 Å². The molecule has 4 heteroatoms. The zero-order valence-electron chi connectivity index (χ0n) is 4.50. The fraction of sp³-hybridized carbons (Fsp3) is 0.500. The lowest BCUT2D eigenvalue weighted by atomic mass is 10.6. The van der Waals surface area contributed by atoms with Crippen LogP contribution >= 0.6 is 22.9 Å². The third-order valence-corrected chi connectivity index (χ3v) is 1.37. The second kappa shape index (κ2) is 2.43. The fourth-order valence-corrected chi connectivity index (χ4v) is 0.952. The third kappa shape index (κ3) is 1.43. The maximum absolute atomic E-state index is 4.02. The lowest BCUT2D eigenvalue weighted by molar-refractivity contribution is 0.619. The Morgan fingerprint density at radius 2 is 2.62 bits per heavy atom. The average Bonchev–Trinajstić information content (AvgIpc) is 1.64. The van der Waals surface area contributed by atoms with Crippen LogP contribution in [0.1, 0.15) is 6.92 Å². The van der Waals surface area contributed by atoms with Gasteiger partial charge >= 0.3 is 0 Å². The Balaban J connectivity index is 2.63. The van der Waals surface area contributed by atoms with Gasteiger partial charge in [-0.25, -0.2) is 8.21 Å². The number of hydrazone groups is 1. The highest BCUT2D eigenvalue weighted by atomic mass is 127. The van der Waals surface area contributed by atoms with Crippen molar-refractivity contribution in [2.45, 2.75) is 6.92 Å². The Hall–Kier alpha value is -0.130. The minimum absolute atomic E-state index is 0.817. The molecule has 0 aromatic carbocycles. The molecule has 0 bridgehead atoms. The van der Waals surface area contributed by atoms with Crippen LogP contribution in [0, 0.1) is 0 Å². The van der Waals surface area contributed by atoms with E-state index in [1.165, 1.54) is 0 Å². The van der Waals surface area contributed by atoms with Crippen molar-refractivity contribution >= 4 is 34.9 Å². The van der Waals surface area contributed by atoms with Crippen molar-refractivity contribution in [2.24, 2.45) is 10.1 Å². The van der Waals surface area contributed by atoms with Crippen molar-refractivity contribution in [3.63, 3.8) is 0 Å². The molecule has 8 heavy (non-hydrogen) atoms. The first-order valence-corrected chi connectivity index (χ1v) is 3.26. The van der Waals surface area contributed by atoms with Gasteiger partial charge in [-0.1, -0.05) is 0 Å². The quantitative estimate of drug-likeness (QED) is 0.445. The number of rotatable bonds is 0. The first-order chi connectivity index (χ1) is 3.79. The second-order valence-corrected chi connectivity index (χ2v) is 2.59. The van der Waals surface area contributed by atoms with Gasteiger partial charge in [-0.05, 0) is 6.92 Å². The zero-order valence-corrected chi connectivity index (χ0v) is 6.66. The summed E-state index contributed by atoms with van der Waals surface area (Å²) in [6.45, 7) is 2.69. The van der Waals surface area contributed by atoms with E-state index in [1.54, 1.807) is 0 Å². The molecule has 0 aliphatic carbocycles. The summed E-state index contributed by atoms with van der Waals surface area (Å²) in [5.41, 5.74) is 0. The van der Waals surface area contributed by atoms with Crippen LogP contribution in [-0.2, 0) is 0 Å². The van der Waals surface area contributed by atoms with Gasteiger partial charge in [-0.2, -0.15) is 5.10 Å². The topological polar surface area (TPSA) is 28.0 Å². The molecule has 1 aliphatic rings. The molecule has 0 aromatic heterocycles. The maximum atomic E-state index is 4.02. The molecule has 1 heterocycles. The van der Waals surface area contributed by atoms with Crippen molar-refractivity contribution in [1.29, 1.82) is 0 Å². The molecule has 0 saturated carbocycles. The highest BCUT2D eigenvalue weighted by Crippen LogP contribution is 2.01. The van der Waals surface area contributed by atoms with Crippen LogP contribution in [0.4, 0.5) is 0 Å². The highest BCUT2D eigenvalue weighted by molar-refractivity contribution is 14.1. The number of nitrogens with zero attached hydrogens (tertiary/aromatic N) is 3. The fourth-order valence-electron chi connectivity index (χ4n) is 0.464. The van der Waals surface area contributed by atoms with E-state index >= 15 is 0 Å². The molecule has 0 unspecified atom stereocenters. The first-order valence-electron chi connectivity index (χ1n) is 2.30. The van der Waals surface area contributed by atoms with Crippen LogP contribution in [0.25, 0.3) is 0 Å². The number of amidine groups is 1. The number of halogens is 1. The van der Waals surface area contributed by atoms with Gasteiger partial charge in [0.15, 0.2) is 0 Å². The molecule has 1 rings (SSSR count). The molecule has 1 aliphatic heterocycles. The monoisotopic (exact) mass is 223 g/mol. The van der Waals surface area contributed by atoms with Crippen LogP contribution in [0.3, 0.4) is 0 Å². The summed E-state index contributed by atoms with van der Waals surface area (Å²) in [6, 6.07) is 0. The SMILES string of the molecule is CC1=NN(I)CC=N1. The molecular formula is C4H6IN3. The average molecular weight is 223 g/mol. The Labute approximate surface area is 62.0 Å². The first kappa shape index (κ1) is 6.00. The molecule has 0 spiro atoms. The summed E-state index contributed by atoms with van der Waals surface area (Å²) >= 11 is 2.13. The zero-order chi connectivity index (χ0) is 5.98. The van der Waals surface area contributed by atoms with Gasteiger partial charge in [-0.15, -0.1) is 0 Å². The van der Waals surface area contributed by atoms with Crippen molar-refractivity contribution < 1.29 is 0 Å². The number of hydrogen-bond donors (Lipinski definition) is 0. The minimum atomic E-state index is 0.817. The second-order valence-electron chi connectivity index (χ2n) is 1.48. The minimum Gasteiger partial charge on any atom is -0.242 e. The highest BCUT2D eigenvalue weighted by Gasteiger charge is 1.97. The largest absolute Gasteiger partial charge is 0.242 e. The summed E-state index contributed by atoms with van der Waals surface area (Å²) in [5.74, 6) is 0.825. The van der Waals surface area contributed by atoms with Crippen molar-refractivity contribution in [3.05, 3.63) is 0 Å². The summed E-state index contributed by atoms with van der Waals surface area (Å²) in [7, 11) is 0. The Morgan fingerprint density at radius 1 is 1.88 bits per heavy atom. The molecule has 0 aromatic rings. The van der Waals surface area contributed by atoms with Crippen molar-refractivity contribution in [3.8, 4) is 0 Å². The van der Waals surface area contributed by atoms with E-state index in [2.05, 4.69) is 33.0 Å². The molecule has 0 radical (unpaired) electrons. The Bertz CT molecular complexity index is 140. The summed E-state index contributed by atoms with van der Waals surface area (Å²) < 4.78 is 1.82. The molecule has 44 valence electrons. The predicted octanol–water partition coefficient (Wildman–Crippen LogP) is 1.06. The third-order valence-electron chi connectivity index (χ3n) is 0.764. The van der Waals surface area contributed by atoms with Gasteiger partial charge in [0.2, 0.25) is 0 Å². The van der Waals surface area contributed by atoms with Crippen molar-refractivity contribution in [2.75, 3.05) is 6.54 Å². The normalized spacial score (nSPS) is 18.8. The standard InChI is InChI=1S/C4H6IN3/c1-4-6-2-3-8(5)7-4/h2H,3H2,1H3. The van der Waals surface area contributed by atoms with Crippen LogP contribution in [0.5, 0.6) is 0 Å². The van der Waals surface area contributed by atoms with Crippen LogP contribution in [0.2, 0.25) is 0 Å². The molecule has 0 saturated heterocycles. The lowest BCUT2D eigenvalue weighted by Gasteiger charge is -2.09. The van der Waals surface area contributed by atoms with Crippen LogP contribution in [-0.4, -0.2) is 21.8 Å². The predicted molar refractivity (Wildman–Crippen MR) is 42.3 cm³/mol. The molecule has 3 nitrogen and oxygen atoms in total. The molecule has 0 atom stereocenters. The smallest absolute Gasteiger partial charge is 0.145 e. The van der Waals surface area contributed by atoms with Crippen LogP contribution < -0.4 is 0 Å². The maximum Gasteiger partial charge on any atom is 0.145 e. The van der Waals surface area contributed by atoms with Crippen LogP contribution in [0.15, 0.2) is 10.1 Å².